The van der Waals surface area contributed by atoms with Crippen molar-refractivity contribution in [1.29, 1.82) is 0 Å². The highest BCUT2D eigenvalue weighted by Crippen LogP contribution is 2.41. The van der Waals surface area contributed by atoms with Crippen LogP contribution in [0, 0.1) is 6.92 Å². The molecule has 0 unspecified atom stereocenters. The van der Waals surface area contributed by atoms with Gasteiger partial charge in [0.2, 0.25) is 5.75 Å². The highest BCUT2D eigenvalue weighted by atomic mass is 16.5. The van der Waals surface area contributed by atoms with Gasteiger partial charge in [0.15, 0.2) is 11.5 Å². The zero-order chi connectivity index (χ0) is 18.1. The fraction of sp³-hybridized carbons (Fsp3) is 0.381. The van der Waals surface area contributed by atoms with Crippen LogP contribution in [0.2, 0.25) is 0 Å². The van der Waals surface area contributed by atoms with E-state index in [2.05, 4.69) is 6.92 Å². The third kappa shape index (κ3) is 5.24. The van der Waals surface area contributed by atoms with Crippen LogP contribution in [0.3, 0.4) is 0 Å². The van der Waals surface area contributed by atoms with Crippen LogP contribution in [0.4, 0.5) is 0 Å². The molecule has 0 radical (unpaired) electrons. The summed E-state index contributed by atoms with van der Waals surface area (Å²) in [5.74, 6) is 2.26. The van der Waals surface area contributed by atoms with E-state index < -0.39 is 0 Å². The number of para-hydroxylation sites is 1. The lowest BCUT2D eigenvalue weighted by atomic mass is 10.2. The standard InChI is InChI=1S/C21H26O4/c1-4-5-6-9-12-24-21-19(23-3)13-17(15-22)14-20(21)25-18-11-8-7-10-16(18)2/h7-8,10-11,13-15H,4-6,9,12H2,1-3H3. The molecule has 0 amide bonds. The van der Waals surface area contributed by atoms with Crippen LogP contribution in [0.25, 0.3) is 0 Å². The van der Waals surface area contributed by atoms with Crippen molar-refractivity contribution in [3.8, 4) is 23.0 Å². The normalized spacial score (nSPS) is 10.4. The summed E-state index contributed by atoms with van der Waals surface area (Å²) in [5, 5.41) is 0. The molecular weight excluding hydrogens is 316 g/mol. The molecule has 0 aliphatic carbocycles. The molecule has 0 aliphatic rings. The molecule has 25 heavy (non-hydrogen) atoms. The molecule has 0 saturated heterocycles. The summed E-state index contributed by atoms with van der Waals surface area (Å²) in [6.07, 6.45) is 5.24. The summed E-state index contributed by atoms with van der Waals surface area (Å²) < 4.78 is 17.4. The smallest absolute Gasteiger partial charge is 0.204 e. The van der Waals surface area contributed by atoms with Crippen LogP contribution in [-0.2, 0) is 0 Å². The Balaban J connectivity index is 2.27. The van der Waals surface area contributed by atoms with E-state index >= 15 is 0 Å². The van der Waals surface area contributed by atoms with Crippen molar-refractivity contribution in [1.82, 2.24) is 0 Å². The number of aldehydes is 1. The zero-order valence-electron chi connectivity index (χ0n) is 15.2. The first-order valence-corrected chi connectivity index (χ1v) is 8.73. The summed E-state index contributed by atoms with van der Waals surface area (Å²) in [7, 11) is 1.56. The van der Waals surface area contributed by atoms with Crippen molar-refractivity contribution in [2.45, 2.75) is 39.5 Å². The molecule has 0 saturated carbocycles. The number of carbonyl (C=O) groups excluding carboxylic acids is 1. The predicted molar refractivity (Wildman–Crippen MR) is 99.3 cm³/mol. The summed E-state index contributed by atoms with van der Waals surface area (Å²) in [6, 6.07) is 11.1. The fourth-order valence-electron chi connectivity index (χ4n) is 2.53. The maximum absolute atomic E-state index is 11.2. The first-order chi connectivity index (χ1) is 12.2. The number of aryl methyl sites for hydroxylation is 1. The minimum Gasteiger partial charge on any atom is -0.493 e. The third-order valence-corrected chi connectivity index (χ3v) is 3.96. The average Bonchev–Trinajstić information content (AvgIpc) is 2.63. The second-order valence-electron chi connectivity index (χ2n) is 5.94. The van der Waals surface area contributed by atoms with Crippen LogP contribution in [-0.4, -0.2) is 20.0 Å². The van der Waals surface area contributed by atoms with Gasteiger partial charge in [0, 0.05) is 5.56 Å². The lowest BCUT2D eigenvalue weighted by molar-refractivity contribution is 0.112. The van der Waals surface area contributed by atoms with Crippen molar-refractivity contribution in [3.05, 3.63) is 47.5 Å². The summed E-state index contributed by atoms with van der Waals surface area (Å²) in [5.41, 5.74) is 1.49. The van der Waals surface area contributed by atoms with Crippen molar-refractivity contribution in [2.75, 3.05) is 13.7 Å². The van der Waals surface area contributed by atoms with Crippen molar-refractivity contribution < 1.29 is 19.0 Å². The number of ether oxygens (including phenoxy) is 3. The van der Waals surface area contributed by atoms with Crippen LogP contribution >= 0.6 is 0 Å². The second-order valence-corrected chi connectivity index (χ2v) is 5.94. The van der Waals surface area contributed by atoms with E-state index in [4.69, 9.17) is 14.2 Å². The monoisotopic (exact) mass is 342 g/mol. The van der Waals surface area contributed by atoms with E-state index in [1.807, 2.05) is 31.2 Å². The molecule has 0 N–H and O–H groups in total. The number of hydrogen-bond acceptors (Lipinski definition) is 4. The highest BCUT2D eigenvalue weighted by Gasteiger charge is 2.16. The highest BCUT2D eigenvalue weighted by molar-refractivity contribution is 5.78. The summed E-state index contributed by atoms with van der Waals surface area (Å²) >= 11 is 0. The van der Waals surface area contributed by atoms with Crippen LogP contribution in [0.5, 0.6) is 23.0 Å². The Kier molecular flexibility index (Phi) is 7.33. The Labute approximate surface area is 149 Å². The minimum atomic E-state index is 0.485. The topological polar surface area (TPSA) is 44.8 Å². The Hall–Kier alpha value is -2.49. The van der Waals surface area contributed by atoms with E-state index in [-0.39, 0.29) is 0 Å². The summed E-state index contributed by atoms with van der Waals surface area (Å²) in [6.45, 7) is 4.73. The minimum absolute atomic E-state index is 0.485. The molecule has 0 aliphatic heterocycles. The molecule has 4 heteroatoms. The van der Waals surface area contributed by atoms with Gasteiger partial charge in [0.05, 0.1) is 13.7 Å². The van der Waals surface area contributed by atoms with Gasteiger partial charge in [-0.1, -0.05) is 44.4 Å². The zero-order valence-corrected chi connectivity index (χ0v) is 15.2. The van der Waals surface area contributed by atoms with Crippen molar-refractivity contribution in [3.63, 3.8) is 0 Å². The maximum Gasteiger partial charge on any atom is 0.204 e. The number of rotatable bonds is 10. The third-order valence-electron chi connectivity index (χ3n) is 3.96. The predicted octanol–water partition coefficient (Wildman–Crippen LogP) is 5.57. The number of methoxy groups -OCH3 is 1. The lowest BCUT2D eigenvalue weighted by Gasteiger charge is -2.17. The summed E-state index contributed by atoms with van der Waals surface area (Å²) in [4.78, 5) is 11.2. The molecule has 4 nitrogen and oxygen atoms in total. The first kappa shape index (κ1) is 18.8. The van der Waals surface area contributed by atoms with Gasteiger partial charge in [0.1, 0.15) is 12.0 Å². The largest absolute Gasteiger partial charge is 0.493 e. The molecule has 0 heterocycles. The SMILES string of the molecule is CCCCCCOc1c(OC)cc(C=O)cc1Oc1ccccc1C. The van der Waals surface area contributed by atoms with Gasteiger partial charge in [-0.15, -0.1) is 0 Å². The lowest BCUT2D eigenvalue weighted by Crippen LogP contribution is -2.02. The molecule has 0 bridgehead atoms. The Morgan fingerprint density at radius 3 is 2.44 bits per heavy atom. The van der Waals surface area contributed by atoms with Gasteiger partial charge < -0.3 is 14.2 Å². The van der Waals surface area contributed by atoms with Gasteiger partial charge in [-0.3, -0.25) is 4.79 Å². The average molecular weight is 342 g/mol. The van der Waals surface area contributed by atoms with Gasteiger partial charge in [-0.25, -0.2) is 0 Å². The molecule has 0 aromatic heterocycles. The van der Waals surface area contributed by atoms with Gasteiger partial charge in [0.25, 0.3) is 0 Å². The van der Waals surface area contributed by atoms with E-state index in [0.29, 0.717) is 29.4 Å². The molecule has 0 spiro atoms. The van der Waals surface area contributed by atoms with E-state index in [0.717, 1.165) is 30.4 Å². The Bertz CT molecular complexity index is 694. The Morgan fingerprint density at radius 1 is 1.00 bits per heavy atom. The number of unbranched alkanes of at least 4 members (excludes halogenated alkanes) is 3. The van der Waals surface area contributed by atoms with Gasteiger partial charge >= 0.3 is 0 Å². The molecule has 2 rings (SSSR count). The molecule has 2 aromatic carbocycles. The number of carbonyl (C=O) groups is 1. The van der Waals surface area contributed by atoms with E-state index in [9.17, 15) is 4.79 Å². The number of benzene rings is 2. The van der Waals surface area contributed by atoms with Crippen molar-refractivity contribution >= 4 is 6.29 Å². The molecule has 0 fully saturated rings. The maximum atomic E-state index is 11.2. The van der Waals surface area contributed by atoms with Gasteiger partial charge in [-0.05, 0) is 37.1 Å². The Morgan fingerprint density at radius 2 is 1.76 bits per heavy atom. The second kappa shape index (κ2) is 9.72. The van der Waals surface area contributed by atoms with Gasteiger partial charge in [-0.2, -0.15) is 0 Å². The quantitative estimate of drug-likeness (QED) is 0.418. The first-order valence-electron chi connectivity index (χ1n) is 8.73. The fourth-order valence-corrected chi connectivity index (χ4v) is 2.53. The molecule has 0 atom stereocenters. The molecule has 2 aromatic rings. The number of hydrogen-bond donors (Lipinski definition) is 0. The van der Waals surface area contributed by atoms with Crippen LogP contribution in [0.1, 0.15) is 48.5 Å². The van der Waals surface area contributed by atoms with E-state index in [1.54, 1.807) is 19.2 Å². The van der Waals surface area contributed by atoms with E-state index in [1.165, 1.54) is 12.8 Å². The van der Waals surface area contributed by atoms with Crippen LogP contribution < -0.4 is 14.2 Å². The molecule has 134 valence electrons. The van der Waals surface area contributed by atoms with Crippen LogP contribution in [0.15, 0.2) is 36.4 Å². The molecular formula is C21H26O4. The van der Waals surface area contributed by atoms with Crippen molar-refractivity contribution in [2.24, 2.45) is 0 Å².